The lowest BCUT2D eigenvalue weighted by molar-refractivity contribution is -0.000309. The van der Waals surface area contributed by atoms with Crippen LogP contribution in [0.2, 0.25) is 0 Å². The summed E-state index contributed by atoms with van der Waals surface area (Å²) in [7, 11) is -12.9. The molecule has 0 aliphatic rings. The van der Waals surface area contributed by atoms with Crippen molar-refractivity contribution in [2.75, 3.05) is 28.8 Å². The lowest BCUT2D eigenvalue weighted by atomic mass is 10.0. The Morgan fingerprint density at radius 2 is 0.653 bits per heavy atom. The molecule has 6 aromatic rings. The number of imide groups is 1. The van der Waals surface area contributed by atoms with Crippen LogP contribution in [0.5, 0.6) is 0 Å². The number of sulfone groups is 4. The number of thiol groups is 1. The molecule has 0 fully saturated rings. The fourth-order valence-electron chi connectivity index (χ4n) is 8.28. The van der Waals surface area contributed by atoms with E-state index < -0.39 is 62.7 Å². The molecule has 548 valence electrons. The molecule has 0 aromatic heterocycles. The highest BCUT2D eigenvalue weighted by Crippen LogP contribution is 2.29. The zero-order chi connectivity index (χ0) is 75.9. The molecule has 14 nitrogen and oxygen atoms in total. The topological polar surface area (TPSA) is 218 Å². The van der Waals surface area contributed by atoms with Crippen molar-refractivity contribution < 1.29 is 52.7 Å². The van der Waals surface area contributed by atoms with Crippen LogP contribution in [0.3, 0.4) is 0 Å². The molecule has 2 amide bonds. The van der Waals surface area contributed by atoms with E-state index in [-0.39, 0.29) is 56.1 Å². The highest BCUT2D eigenvalue weighted by molar-refractivity contribution is 9.08. The van der Waals surface area contributed by atoms with Crippen molar-refractivity contribution in [1.29, 1.82) is 0 Å². The summed E-state index contributed by atoms with van der Waals surface area (Å²) >= 11 is 9.40. The number of nitrogens with zero attached hydrogens (tertiary/aromatic N) is 1. The molecule has 98 heavy (non-hydrogen) atoms. The van der Waals surface area contributed by atoms with Gasteiger partial charge in [-0.3, -0.25) is 0 Å². The van der Waals surface area contributed by atoms with Crippen LogP contribution in [0.4, 0.5) is 9.59 Å². The number of hydrogen-bond donors (Lipinski definition) is 2. The first kappa shape index (κ1) is 91.0. The van der Waals surface area contributed by atoms with Gasteiger partial charge in [0.1, 0.15) is 11.2 Å². The Bertz CT molecular complexity index is 3730. The Morgan fingerprint density at radius 1 is 0.398 bits per heavy atom. The number of alkyl halides is 1. The van der Waals surface area contributed by atoms with Crippen LogP contribution in [0.25, 0.3) is 0 Å². The third kappa shape index (κ3) is 40.4. The average Bonchev–Trinajstić information content (AvgIpc) is 0.842. The van der Waals surface area contributed by atoms with E-state index in [1.807, 2.05) is 150 Å². The highest BCUT2D eigenvalue weighted by Gasteiger charge is 2.32. The molecule has 6 aromatic carbocycles. The van der Waals surface area contributed by atoms with Crippen LogP contribution in [0.1, 0.15) is 179 Å². The van der Waals surface area contributed by atoms with E-state index in [1.165, 1.54) is 33.9 Å². The quantitative estimate of drug-likeness (QED) is 0.0589. The molecule has 0 bridgehead atoms. The minimum Gasteiger partial charge on any atom is -0.443 e. The number of carbonyl (C=O) groups is 2. The van der Waals surface area contributed by atoms with Gasteiger partial charge >= 0.3 is 12.2 Å². The predicted molar refractivity (Wildman–Crippen MR) is 415 cm³/mol. The Morgan fingerprint density at radius 3 is 0.898 bits per heavy atom. The number of nitrogens with two attached hydrogens (primary N) is 1. The van der Waals surface area contributed by atoms with Crippen molar-refractivity contribution >= 4 is 91.9 Å². The predicted octanol–water partition coefficient (Wildman–Crippen LogP) is 19.8. The summed E-state index contributed by atoms with van der Waals surface area (Å²) in [5.41, 5.74) is 9.55. The first-order valence-corrected chi connectivity index (χ1v) is 41.6. The van der Waals surface area contributed by atoms with Gasteiger partial charge in [-0.1, -0.05) is 209 Å². The molecule has 0 atom stereocenters. The molecule has 0 heterocycles. The Kier molecular flexibility index (Phi) is 35.6. The van der Waals surface area contributed by atoms with Crippen molar-refractivity contribution in [2.24, 2.45) is 32.8 Å². The maximum atomic E-state index is 12.6. The van der Waals surface area contributed by atoms with Gasteiger partial charge in [0.2, 0.25) is 0 Å². The number of thioether (sulfide) groups is 1. The summed E-state index contributed by atoms with van der Waals surface area (Å²) in [6.07, 6.45) is -1.66. The standard InChI is InChI=1S/C22H35NO6S.C12H17BrO2S.C12H19NO2S.C12H18O2S.C12H18S.C7H8S/c1-20(2,3)15-30(26,27)17-12-10-16(11-13-17)14-23(18(24)28-21(4,5)6)19(25)29-22(7,8)9;2*1-12(2,3)9-16(14,15)11-6-4-10(8-13)5-7-11;1-10-5-7-11(8-6-10)15(13,14)9-12(2,3)4;1-10-5-7-11(8-6-10)13-9-12(2,3)4;1-6-2-4-7(8)5-3-6/h10-13H,14-15H2,1-9H3;4-7H,8-9H2,1-3H3;4-7H,8-9,13H2,1-3H3;5-8H,9H2,1-4H3;5-8H,9H2,1-4H3;2-5,8H,1H3. The minimum absolute atomic E-state index is 0.0152. The fraction of sp³-hybridized carbons (Fsp3) is 0.506. The molecular formula is C77H115BrN2O12S6. The largest absolute Gasteiger partial charge is 0.443 e. The molecule has 6 rings (SSSR count). The van der Waals surface area contributed by atoms with Crippen molar-refractivity contribution in [3.8, 4) is 0 Å². The number of amides is 2. The van der Waals surface area contributed by atoms with Crippen LogP contribution in [-0.4, -0.2) is 90.7 Å². The molecule has 0 saturated carbocycles. The Labute approximate surface area is 610 Å². The minimum atomic E-state index is -3.44. The third-order valence-electron chi connectivity index (χ3n) is 12.4. The molecule has 0 aliphatic heterocycles. The van der Waals surface area contributed by atoms with E-state index in [1.54, 1.807) is 102 Å². The SMILES string of the molecule is CC(C)(C)CS(=O)(=O)c1ccc(CBr)cc1.CC(C)(C)CS(=O)(=O)c1ccc(CN(C(=O)OC(C)(C)C)C(=O)OC(C)(C)C)cc1.CC(C)(C)CS(=O)(=O)c1ccc(CN)cc1.Cc1ccc(S(=O)(=O)CC(C)(C)C)cc1.Cc1ccc(S)cc1.Cc1ccc(SCC(C)(C)C)cc1. The second-order valence-electron chi connectivity index (χ2n) is 32.4. The molecular weight excluding hydrogens is 1420 g/mol. The van der Waals surface area contributed by atoms with Gasteiger partial charge in [0.05, 0.1) is 49.1 Å². The number of rotatable bonds is 14. The van der Waals surface area contributed by atoms with Gasteiger partial charge in [-0.25, -0.2) is 48.2 Å². The van der Waals surface area contributed by atoms with Crippen LogP contribution in [0.15, 0.2) is 175 Å². The number of hydrogen-bond acceptors (Lipinski definition) is 15. The van der Waals surface area contributed by atoms with Gasteiger partial charge in [-0.05, 0) is 179 Å². The van der Waals surface area contributed by atoms with E-state index in [9.17, 15) is 43.3 Å². The van der Waals surface area contributed by atoms with Crippen LogP contribution < -0.4 is 5.73 Å². The van der Waals surface area contributed by atoms with Gasteiger partial charge in [0.15, 0.2) is 39.3 Å². The lowest BCUT2D eigenvalue weighted by Gasteiger charge is -2.28. The molecule has 2 N–H and O–H groups in total. The van der Waals surface area contributed by atoms with Gasteiger partial charge in [0, 0.05) is 27.4 Å². The van der Waals surface area contributed by atoms with E-state index in [0.717, 1.165) is 31.8 Å². The summed E-state index contributed by atoms with van der Waals surface area (Å²) in [6.45, 7) is 46.4. The number of carbonyl (C=O) groups excluding carboxylic acids is 2. The van der Waals surface area contributed by atoms with Gasteiger partial charge < -0.3 is 15.2 Å². The van der Waals surface area contributed by atoms with Crippen molar-refractivity contribution in [2.45, 2.75) is 225 Å². The van der Waals surface area contributed by atoms with Crippen molar-refractivity contribution in [1.82, 2.24) is 4.90 Å². The lowest BCUT2D eigenvalue weighted by Crippen LogP contribution is -2.43. The summed E-state index contributed by atoms with van der Waals surface area (Å²) in [5, 5.41) is 0.743. The number of aryl methyl sites for hydroxylation is 3. The highest BCUT2D eigenvalue weighted by atomic mass is 79.9. The smallest absolute Gasteiger partial charge is 0.420 e. The summed E-state index contributed by atoms with van der Waals surface area (Å²) in [4.78, 5) is 29.8. The van der Waals surface area contributed by atoms with E-state index in [4.69, 9.17) is 15.2 Å². The summed E-state index contributed by atoms with van der Waals surface area (Å²) < 4.78 is 108. The van der Waals surface area contributed by atoms with Gasteiger partial charge in [-0.2, -0.15) is 0 Å². The van der Waals surface area contributed by atoms with Crippen LogP contribution in [-0.2, 0) is 67.2 Å². The molecule has 21 heteroatoms. The van der Waals surface area contributed by atoms with Crippen molar-refractivity contribution in [3.05, 3.63) is 179 Å². The fourth-order valence-corrected chi connectivity index (χ4v) is 17.2. The Hall–Kier alpha value is -5.00. The molecule has 0 unspecified atom stereocenters. The zero-order valence-corrected chi connectivity index (χ0v) is 69.4. The van der Waals surface area contributed by atoms with Crippen LogP contribution in [0, 0.1) is 47.8 Å². The number of ether oxygens (including phenoxy) is 2. The average molecular weight is 1530 g/mol. The third-order valence-corrected chi connectivity index (χ3v) is 23.9. The monoisotopic (exact) mass is 1530 g/mol. The molecule has 0 radical (unpaired) electrons. The van der Waals surface area contributed by atoms with E-state index in [2.05, 4.69) is 87.4 Å². The summed E-state index contributed by atoms with van der Waals surface area (Å²) in [6, 6.07) is 43.8. The van der Waals surface area contributed by atoms with E-state index in [0.29, 0.717) is 32.2 Å². The maximum absolute atomic E-state index is 12.6. The first-order chi connectivity index (χ1) is 44.2. The van der Waals surface area contributed by atoms with Crippen LogP contribution >= 0.6 is 40.3 Å². The molecule has 0 aliphatic carbocycles. The first-order valence-electron chi connectivity index (χ1n) is 32.4. The summed E-state index contributed by atoms with van der Waals surface area (Å²) in [5.74, 6) is 1.70. The van der Waals surface area contributed by atoms with Crippen molar-refractivity contribution in [3.63, 3.8) is 0 Å². The second-order valence-corrected chi connectivity index (χ2v) is 42.5. The number of halogens is 1. The number of benzene rings is 6. The van der Waals surface area contributed by atoms with Gasteiger partial charge in [-0.15, -0.1) is 24.4 Å². The Balaban J connectivity index is 0.000000614. The van der Waals surface area contributed by atoms with Gasteiger partial charge in [0.25, 0.3) is 0 Å². The molecule has 0 saturated heterocycles. The maximum Gasteiger partial charge on any atom is 0.420 e. The zero-order valence-electron chi connectivity index (χ0n) is 62.8. The second kappa shape index (κ2) is 38.3. The normalized spacial score (nSPS) is 12.4. The van der Waals surface area contributed by atoms with E-state index >= 15 is 0 Å². The molecule has 0 spiro atoms.